The van der Waals surface area contributed by atoms with Crippen molar-refractivity contribution < 1.29 is 28.7 Å². The second-order valence-electron chi connectivity index (χ2n) is 10.4. The molecule has 36 heavy (non-hydrogen) atoms. The molecule has 200 valence electrons. The molecular formula is C22H37N8O6+. The normalized spacial score (nSPS) is 11.8. The van der Waals surface area contributed by atoms with Crippen LogP contribution in [0.25, 0.3) is 11.2 Å². The van der Waals surface area contributed by atoms with Gasteiger partial charge >= 0.3 is 17.8 Å². The van der Waals surface area contributed by atoms with Gasteiger partial charge in [0.15, 0.2) is 5.65 Å². The first-order valence-electron chi connectivity index (χ1n) is 11.6. The Bertz CT molecular complexity index is 1130. The summed E-state index contributed by atoms with van der Waals surface area (Å²) < 4.78 is 7.33. The third-order valence-corrected chi connectivity index (χ3v) is 4.83. The van der Waals surface area contributed by atoms with Crippen molar-refractivity contribution in [3.05, 3.63) is 16.8 Å². The number of nitrogens with zero attached hydrogens (tertiary/aromatic N) is 5. The van der Waals surface area contributed by atoms with E-state index in [1.807, 2.05) is 0 Å². The van der Waals surface area contributed by atoms with Crippen LogP contribution in [0.3, 0.4) is 0 Å². The molecule has 0 atom stereocenters. The van der Waals surface area contributed by atoms with Crippen LogP contribution in [0, 0.1) is 0 Å². The summed E-state index contributed by atoms with van der Waals surface area (Å²) in [6, 6.07) is 0. The van der Waals surface area contributed by atoms with Gasteiger partial charge < -0.3 is 34.4 Å². The van der Waals surface area contributed by atoms with Gasteiger partial charge in [-0.3, -0.25) is 14.6 Å². The Hall–Kier alpha value is -3.68. The molecule has 2 rings (SSSR count). The van der Waals surface area contributed by atoms with Crippen LogP contribution in [-0.2, 0) is 20.9 Å². The molecule has 2 aromatic heterocycles. The van der Waals surface area contributed by atoms with E-state index in [1.54, 1.807) is 20.8 Å². The van der Waals surface area contributed by atoms with Crippen molar-refractivity contribution in [1.82, 2.24) is 29.7 Å². The van der Waals surface area contributed by atoms with Gasteiger partial charge in [-0.2, -0.15) is 4.98 Å². The zero-order chi connectivity index (χ0) is 27.1. The molecule has 0 saturated heterocycles. The Morgan fingerprint density at radius 1 is 1.22 bits per heavy atom. The minimum atomic E-state index is -1.20. The first kappa shape index (κ1) is 28.6. The summed E-state index contributed by atoms with van der Waals surface area (Å²) in [4.78, 5) is 60.1. The van der Waals surface area contributed by atoms with E-state index in [4.69, 9.17) is 4.74 Å². The number of imidazole rings is 1. The van der Waals surface area contributed by atoms with E-state index in [-0.39, 0.29) is 25.3 Å². The van der Waals surface area contributed by atoms with E-state index in [0.29, 0.717) is 17.9 Å². The average molecular weight is 510 g/mol. The zero-order valence-electron chi connectivity index (χ0n) is 21.8. The average Bonchev–Trinajstić information content (AvgIpc) is 3.10. The number of alkyl carbamates (subject to hydrolysis) is 1. The second-order valence-corrected chi connectivity index (χ2v) is 10.4. The predicted molar refractivity (Wildman–Crippen MR) is 133 cm³/mol. The first-order chi connectivity index (χ1) is 16.6. The SMILES string of the molecule is CC(C)(C)OC(=O)NCCN(CC(=O)O)C(=O)Cn1cnc2c(NCCC[N+](C)(C)C)[nH]c(=O)nc21. The Labute approximate surface area is 209 Å². The van der Waals surface area contributed by atoms with Crippen molar-refractivity contribution in [3.8, 4) is 0 Å². The number of ether oxygens (including phenoxy) is 1. The summed E-state index contributed by atoms with van der Waals surface area (Å²) in [5.41, 5.74) is -0.699. The monoisotopic (exact) mass is 509 g/mol. The Morgan fingerprint density at radius 2 is 1.92 bits per heavy atom. The Balaban J connectivity index is 2.09. The first-order valence-corrected chi connectivity index (χ1v) is 11.6. The van der Waals surface area contributed by atoms with Gasteiger partial charge in [0.25, 0.3) is 0 Å². The maximum Gasteiger partial charge on any atom is 0.407 e. The maximum atomic E-state index is 12.9. The minimum Gasteiger partial charge on any atom is -0.480 e. The number of carboxylic acids is 1. The molecule has 0 aromatic carbocycles. The van der Waals surface area contributed by atoms with Crippen LogP contribution in [-0.4, -0.2) is 111 Å². The minimum absolute atomic E-state index is 0.00211. The number of hydrogen-bond donors (Lipinski definition) is 4. The number of rotatable bonds is 12. The van der Waals surface area contributed by atoms with Gasteiger partial charge in [0.05, 0.1) is 34.0 Å². The highest BCUT2D eigenvalue weighted by atomic mass is 16.6. The number of aliphatic carboxylic acids is 1. The van der Waals surface area contributed by atoms with Crippen LogP contribution in [0.5, 0.6) is 0 Å². The third kappa shape index (κ3) is 9.52. The summed E-state index contributed by atoms with van der Waals surface area (Å²) in [7, 11) is 6.27. The lowest BCUT2D eigenvalue weighted by Crippen LogP contribution is -2.43. The Morgan fingerprint density at radius 3 is 2.53 bits per heavy atom. The molecule has 0 aliphatic carbocycles. The molecular weight excluding hydrogens is 472 g/mol. The number of carbonyl (C=O) groups excluding carboxylic acids is 2. The van der Waals surface area contributed by atoms with Gasteiger partial charge in [-0.05, 0) is 20.8 Å². The van der Waals surface area contributed by atoms with E-state index >= 15 is 0 Å². The summed E-state index contributed by atoms with van der Waals surface area (Å²) >= 11 is 0. The fourth-order valence-electron chi connectivity index (χ4n) is 3.28. The molecule has 4 N–H and O–H groups in total. The van der Waals surface area contributed by atoms with Crippen molar-refractivity contribution >= 4 is 35.0 Å². The topological polar surface area (TPSA) is 172 Å². The van der Waals surface area contributed by atoms with Gasteiger partial charge in [-0.1, -0.05) is 0 Å². The molecule has 0 spiro atoms. The van der Waals surface area contributed by atoms with Gasteiger partial charge in [0.2, 0.25) is 5.91 Å². The number of carboxylic acid groups (broad SMARTS) is 1. The molecule has 0 saturated carbocycles. The van der Waals surface area contributed by atoms with E-state index in [0.717, 1.165) is 22.3 Å². The summed E-state index contributed by atoms with van der Waals surface area (Å²) in [5, 5.41) is 14.9. The molecule has 0 aliphatic heterocycles. The lowest BCUT2D eigenvalue weighted by molar-refractivity contribution is -0.870. The highest BCUT2D eigenvalue weighted by Gasteiger charge is 2.21. The summed E-state index contributed by atoms with van der Waals surface area (Å²) in [5.74, 6) is -1.34. The molecule has 0 fully saturated rings. The van der Waals surface area contributed by atoms with Crippen molar-refractivity contribution in [2.75, 3.05) is 59.2 Å². The third-order valence-electron chi connectivity index (χ3n) is 4.83. The van der Waals surface area contributed by atoms with E-state index in [9.17, 15) is 24.3 Å². The maximum absolute atomic E-state index is 12.9. The van der Waals surface area contributed by atoms with Crippen molar-refractivity contribution in [2.45, 2.75) is 39.3 Å². The summed E-state index contributed by atoms with van der Waals surface area (Å²) in [6.07, 6.45) is 1.56. The number of anilines is 1. The number of hydrogen-bond acceptors (Lipinski definition) is 8. The highest BCUT2D eigenvalue weighted by Crippen LogP contribution is 2.16. The fourth-order valence-corrected chi connectivity index (χ4v) is 3.28. The lowest BCUT2D eigenvalue weighted by atomic mass is 10.2. The molecule has 2 aromatic rings. The van der Waals surface area contributed by atoms with Crippen LogP contribution in [0.1, 0.15) is 27.2 Å². The van der Waals surface area contributed by atoms with Crippen LogP contribution in [0.15, 0.2) is 11.1 Å². The van der Waals surface area contributed by atoms with Crippen molar-refractivity contribution in [2.24, 2.45) is 0 Å². The molecule has 14 nitrogen and oxygen atoms in total. The second kappa shape index (κ2) is 11.8. The number of H-pyrrole nitrogens is 1. The molecule has 14 heteroatoms. The quantitative estimate of drug-likeness (QED) is 0.228. The van der Waals surface area contributed by atoms with Gasteiger partial charge in [0, 0.05) is 26.1 Å². The molecule has 0 radical (unpaired) electrons. The molecule has 0 bridgehead atoms. The number of carbonyl (C=O) groups is 3. The van der Waals surface area contributed by atoms with Crippen molar-refractivity contribution in [1.29, 1.82) is 0 Å². The van der Waals surface area contributed by atoms with Gasteiger partial charge in [-0.15, -0.1) is 0 Å². The highest BCUT2D eigenvalue weighted by molar-refractivity contribution is 5.85. The van der Waals surface area contributed by atoms with Crippen LogP contribution >= 0.6 is 0 Å². The predicted octanol–water partition coefficient (Wildman–Crippen LogP) is 0.0657. The number of aromatic amines is 1. The van der Waals surface area contributed by atoms with E-state index in [1.165, 1.54) is 10.9 Å². The lowest BCUT2D eigenvalue weighted by Gasteiger charge is -2.23. The number of fused-ring (bicyclic) bond motifs is 1. The number of nitrogens with one attached hydrogen (secondary N) is 3. The van der Waals surface area contributed by atoms with Gasteiger partial charge in [0.1, 0.15) is 30.0 Å². The molecule has 2 amide bonds. The summed E-state index contributed by atoms with van der Waals surface area (Å²) in [6.45, 7) is 5.78. The molecule has 2 heterocycles. The smallest absolute Gasteiger partial charge is 0.407 e. The largest absolute Gasteiger partial charge is 0.480 e. The number of amides is 2. The van der Waals surface area contributed by atoms with Crippen LogP contribution in [0.4, 0.5) is 10.6 Å². The standard InChI is InChI=1S/C22H36N8O6/c1-22(2,3)36-21(35)24-9-10-28(13-16(32)33)15(31)12-29-14-25-17-18(26-20(34)27-19(17)29)23-8-7-11-30(4,5)6/h14H,7-13H2,1-6H3,(H3-,23,24,26,27,32,33,34,35)/p+1. The zero-order valence-corrected chi connectivity index (χ0v) is 21.8. The molecule has 0 unspecified atom stereocenters. The van der Waals surface area contributed by atoms with Crippen LogP contribution < -0.4 is 16.3 Å². The van der Waals surface area contributed by atoms with Crippen LogP contribution in [0.2, 0.25) is 0 Å². The van der Waals surface area contributed by atoms with E-state index < -0.39 is 35.8 Å². The fraction of sp³-hybridized carbons (Fsp3) is 0.636. The van der Waals surface area contributed by atoms with E-state index in [2.05, 4.69) is 46.7 Å². The van der Waals surface area contributed by atoms with Crippen molar-refractivity contribution in [3.63, 3.8) is 0 Å². The number of quaternary nitrogens is 1. The number of aromatic nitrogens is 4. The Kier molecular flexibility index (Phi) is 9.39. The molecule has 0 aliphatic rings. The van der Waals surface area contributed by atoms with Gasteiger partial charge in [-0.25, -0.2) is 14.6 Å².